The molecule has 0 atom stereocenters. The van der Waals surface area contributed by atoms with Gasteiger partial charge in [0.05, 0.1) is 32.0 Å². The average Bonchev–Trinajstić information content (AvgIpc) is 2.82. The number of carbonyl (C=O) groups excluding carboxylic acids is 1. The minimum Gasteiger partial charge on any atom is -0.493 e. The van der Waals surface area contributed by atoms with E-state index in [4.69, 9.17) is 28.1 Å². The molecule has 0 spiro atoms. The van der Waals surface area contributed by atoms with Crippen LogP contribution >= 0.6 is 0 Å². The number of hydrogen-bond acceptors (Lipinski definition) is 8. The summed E-state index contributed by atoms with van der Waals surface area (Å²) in [4.78, 5) is 25.9. The van der Waals surface area contributed by atoms with Crippen molar-refractivity contribution >= 4 is 16.9 Å². The van der Waals surface area contributed by atoms with Crippen molar-refractivity contribution in [3.05, 3.63) is 52.2 Å². The van der Waals surface area contributed by atoms with Gasteiger partial charge in [-0.15, -0.1) is 0 Å². The summed E-state index contributed by atoms with van der Waals surface area (Å²) < 4.78 is 33.4. The van der Waals surface area contributed by atoms with Crippen molar-refractivity contribution < 1.29 is 32.9 Å². The zero-order valence-corrected chi connectivity index (χ0v) is 21.1. The zero-order valence-electron chi connectivity index (χ0n) is 21.1. The van der Waals surface area contributed by atoms with Gasteiger partial charge < -0.3 is 28.1 Å². The maximum Gasteiger partial charge on any atom is 0.340 e. The normalized spacial score (nSPS) is 11.4. The second-order valence-corrected chi connectivity index (χ2v) is 8.90. The molecule has 3 aromatic rings. The van der Waals surface area contributed by atoms with Gasteiger partial charge in [-0.25, -0.2) is 4.79 Å². The number of ether oxygens (including phenoxy) is 5. The minimum atomic E-state index is -0.615. The summed E-state index contributed by atoms with van der Waals surface area (Å²) in [6, 6.07) is 9.57. The number of benzene rings is 2. The maximum absolute atomic E-state index is 13.1. The molecule has 0 N–H and O–H groups in total. The molecule has 3 rings (SSSR count). The molecule has 0 unspecified atom stereocenters. The summed E-state index contributed by atoms with van der Waals surface area (Å²) in [7, 11) is 3.07. The van der Waals surface area contributed by atoms with Crippen LogP contribution in [0.25, 0.3) is 22.3 Å². The van der Waals surface area contributed by atoms with Gasteiger partial charge in [0.15, 0.2) is 23.7 Å². The molecule has 0 saturated heterocycles. The first kappa shape index (κ1) is 26.1. The van der Waals surface area contributed by atoms with Crippen LogP contribution in [0.15, 0.2) is 45.6 Å². The van der Waals surface area contributed by atoms with Crippen LogP contribution in [0.2, 0.25) is 0 Å². The van der Waals surface area contributed by atoms with Crippen molar-refractivity contribution in [2.24, 2.45) is 0 Å². The predicted octanol–water partition coefficient (Wildman–Crippen LogP) is 5.59. The van der Waals surface area contributed by atoms with Gasteiger partial charge in [0.25, 0.3) is 0 Å². The smallest absolute Gasteiger partial charge is 0.340 e. The van der Waals surface area contributed by atoms with Gasteiger partial charge in [0, 0.05) is 11.6 Å². The highest BCUT2D eigenvalue weighted by molar-refractivity contribution is 5.96. The van der Waals surface area contributed by atoms with E-state index in [9.17, 15) is 9.59 Å². The fourth-order valence-electron chi connectivity index (χ4n) is 3.29. The molecule has 2 aromatic carbocycles. The van der Waals surface area contributed by atoms with Crippen molar-refractivity contribution in [3.8, 4) is 28.6 Å². The second kappa shape index (κ2) is 11.3. The van der Waals surface area contributed by atoms with Gasteiger partial charge in [-0.3, -0.25) is 4.79 Å². The number of fused-ring (bicyclic) bond motifs is 1. The van der Waals surface area contributed by atoms with Gasteiger partial charge in [0.1, 0.15) is 22.5 Å². The molecule has 1 aromatic heterocycles. The van der Waals surface area contributed by atoms with E-state index in [0.717, 1.165) is 12.8 Å². The van der Waals surface area contributed by atoms with Crippen molar-refractivity contribution in [1.29, 1.82) is 0 Å². The first-order valence-corrected chi connectivity index (χ1v) is 11.4. The predicted molar refractivity (Wildman–Crippen MR) is 133 cm³/mol. The Morgan fingerprint density at radius 2 is 1.71 bits per heavy atom. The lowest BCUT2D eigenvalue weighted by molar-refractivity contribution is -0.0965. The molecule has 0 bridgehead atoms. The molecule has 0 amide bonds. The first-order chi connectivity index (χ1) is 16.7. The van der Waals surface area contributed by atoms with Crippen molar-refractivity contribution in [3.63, 3.8) is 0 Å². The van der Waals surface area contributed by atoms with E-state index >= 15 is 0 Å². The third-order valence-corrected chi connectivity index (χ3v) is 5.14. The van der Waals surface area contributed by atoms with Gasteiger partial charge >= 0.3 is 5.97 Å². The monoisotopic (exact) mass is 484 g/mol. The molecule has 0 saturated carbocycles. The Hall–Kier alpha value is -3.52. The summed E-state index contributed by atoms with van der Waals surface area (Å²) in [6.07, 6.45) is 1.71. The van der Waals surface area contributed by atoms with E-state index in [2.05, 4.69) is 0 Å². The highest BCUT2D eigenvalue weighted by Crippen LogP contribution is 2.34. The quantitative estimate of drug-likeness (QED) is 0.209. The fraction of sp³-hybridized carbons (Fsp3) is 0.407. The number of unbranched alkanes of at least 4 members (excludes halogenated alkanes) is 1. The van der Waals surface area contributed by atoms with Gasteiger partial charge in [-0.2, -0.15) is 0 Å². The van der Waals surface area contributed by atoms with Crippen LogP contribution in [-0.2, 0) is 9.47 Å². The van der Waals surface area contributed by atoms with E-state index in [1.54, 1.807) is 25.3 Å². The van der Waals surface area contributed by atoms with Crippen molar-refractivity contribution in [2.45, 2.75) is 46.1 Å². The molecule has 0 aliphatic rings. The van der Waals surface area contributed by atoms with Crippen LogP contribution in [0.3, 0.4) is 0 Å². The summed E-state index contributed by atoms with van der Waals surface area (Å²) in [5.41, 5.74) is 0.258. The molecule has 0 fully saturated rings. The molecule has 0 radical (unpaired) electrons. The lowest BCUT2D eigenvalue weighted by Crippen LogP contribution is -2.22. The summed E-state index contributed by atoms with van der Waals surface area (Å²) >= 11 is 0. The third-order valence-electron chi connectivity index (χ3n) is 5.14. The summed E-state index contributed by atoms with van der Waals surface area (Å²) in [5, 5.41) is 0.257. The molecular formula is C27H32O8. The van der Waals surface area contributed by atoms with Crippen LogP contribution in [0, 0.1) is 0 Å². The molecule has 0 aliphatic carbocycles. The molecule has 8 nitrogen and oxygen atoms in total. The molecular weight excluding hydrogens is 452 g/mol. The highest BCUT2D eigenvalue weighted by Gasteiger charge is 2.19. The van der Waals surface area contributed by atoms with Gasteiger partial charge in [-0.05, 0) is 57.5 Å². The van der Waals surface area contributed by atoms with E-state index in [1.807, 2.05) is 27.7 Å². The van der Waals surface area contributed by atoms with E-state index in [1.165, 1.54) is 25.3 Å². The van der Waals surface area contributed by atoms with Crippen molar-refractivity contribution in [2.75, 3.05) is 27.6 Å². The lowest BCUT2D eigenvalue weighted by Gasteiger charge is -2.19. The number of carbonyl (C=O) groups is 1. The van der Waals surface area contributed by atoms with Crippen LogP contribution in [0.5, 0.6) is 17.2 Å². The van der Waals surface area contributed by atoms with Crippen LogP contribution in [0.1, 0.15) is 50.9 Å². The van der Waals surface area contributed by atoms with Gasteiger partial charge in [-0.1, -0.05) is 13.3 Å². The van der Waals surface area contributed by atoms with Crippen molar-refractivity contribution in [1.82, 2.24) is 0 Å². The Kier molecular flexibility index (Phi) is 8.40. The Morgan fingerprint density at radius 3 is 2.37 bits per heavy atom. The molecule has 1 heterocycles. The van der Waals surface area contributed by atoms with E-state index in [-0.39, 0.29) is 34.5 Å². The van der Waals surface area contributed by atoms with Crippen LogP contribution in [0.4, 0.5) is 0 Å². The first-order valence-electron chi connectivity index (χ1n) is 11.4. The topological polar surface area (TPSA) is 93.4 Å². The molecule has 188 valence electrons. The minimum absolute atomic E-state index is 0.189. The van der Waals surface area contributed by atoms with E-state index < -0.39 is 11.6 Å². The van der Waals surface area contributed by atoms with E-state index in [0.29, 0.717) is 29.4 Å². The van der Waals surface area contributed by atoms with Gasteiger partial charge in [0.2, 0.25) is 0 Å². The molecule has 0 aliphatic heterocycles. The Morgan fingerprint density at radius 1 is 0.971 bits per heavy atom. The Labute approximate surface area is 204 Å². The summed E-state index contributed by atoms with van der Waals surface area (Å²) in [6.45, 7) is 7.81. The molecule has 35 heavy (non-hydrogen) atoms. The molecule has 8 heteroatoms. The third kappa shape index (κ3) is 6.54. The maximum atomic E-state index is 13.1. The number of methoxy groups -OCH3 is 2. The lowest BCUT2D eigenvalue weighted by atomic mass is 10.1. The second-order valence-electron chi connectivity index (χ2n) is 8.90. The largest absolute Gasteiger partial charge is 0.493 e. The Bertz CT molecular complexity index is 1240. The fourth-order valence-corrected chi connectivity index (χ4v) is 3.29. The standard InChI is InChI=1S/C27H32O8/c1-7-8-11-32-23-13-18(26(29)33-16-34-27(2,3)4)14-24-25(23)19(28)15-21(35-24)17-9-10-20(30-5)22(12-17)31-6/h9-10,12-15H,7-8,11,16H2,1-6H3. The Balaban J connectivity index is 2.06. The number of rotatable bonds is 10. The SMILES string of the molecule is CCCCOc1cc(C(=O)OCOC(C)(C)C)cc2oc(-c3ccc(OC)c(OC)c3)cc(=O)c12. The van der Waals surface area contributed by atoms with Crippen LogP contribution in [-0.4, -0.2) is 39.2 Å². The number of hydrogen-bond donors (Lipinski definition) is 0. The van der Waals surface area contributed by atoms with Crippen LogP contribution < -0.4 is 19.6 Å². The number of esters is 1. The zero-order chi connectivity index (χ0) is 25.6. The summed E-state index contributed by atoms with van der Waals surface area (Å²) in [5.74, 6) is 1.01. The highest BCUT2D eigenvalue weighted by atomic mass is 16.7. The average molecular weight is 485 g/mol.